The van der Waals surface area contributed by atoms with E-state index in [2.05, 4.69) is 25.8 Å². The molecule has 32 heavy (non-hydrogen) atoms. The number of tetrazole rings is 1. The van der Waals surface area contributed by atoms with Gasteiger partial charge in [-0.15, -0.1) is 10.2 Å². The molecule has 1 N–H and O–H groups in total. The van der Waals surface area contributed by atoms with Gasteiger partial charge in [0.15, 0.2) is 0 Å². The zero-order valence-corrected chi connectivity index (χ0v) is 17.9. The molecule has 7 rings (SSSR count). The largest absolute Gasteiger partial charge is 0.378 e. The van der Waals surface area contributed by atoms with Crippen LogP contribution in [0, 0.1) is 19.3 Å². The third-order valence-corrected chi connectivity index (χ3v) is 6.61. The average molecular weight is 429 g/mol. The Kier molecular flexibility index (Phi) is 4.16. The summed E-state index contributed by atoms with van der Waals surface area (Å²) in [5.41, 5.74) is 5.00. The summed E-state index contributed by atoms with van der Waals surface area (Å²) in [6, 6.07) is 9.59. The molecule has 5 heterocycles. The van der Waals surface area contributed by atoms with Crippen LogP contribution >= 0.6 is 0 Å². The number of ether oxygens (including phenoxy) is 1. The Bertz CT molecular complexity index is 1340. The van der Waals surface area contributed by atoms with Crippen LogP contribution < -0.4 is 5.32 Å². The number of amides is 1. The molecule has 1 saturated carbocycles. The van der Waals surface area contributed by atoms with Crippen molar-refractivity contribution < 1.29 is 9.53 Å². The molecule has 0 atom stereocenters. The maximum atomic E-state index is 13.0. The van der Waals surface area contributed by atoms with Crippen LogP contribution in [-0.2, 0) is 11.3 Å². The van der Waals surface area contributed by atoms with Crippen molar-refractivity contribution in [3.8, 4) is 11.4 Å². The molecule has 0 radical (unpaired) electrons. The van der Waals surface area contributed by atoms with Gasteiger partial charge in [0.25, 0.3) is 5.91 Å². The van der Waals surface area contributed by atoms with Crippen LogP contribution in [0.4, 0.5) is 5.69 Å². The number of rotatable bonds is 5. The number of carbonyl (C=O) groups is 1. The minimum Gasteiger partial charge on any atom is -0.378 e. The summed E-state index contributed by atoms with van der Waals surface area (Å²) in [6.07, 6.45) is 5.97. The predicted octanol–water partition coefficient (Wildman–Crippen LogP) is 3.04. The topological polar surface area (TPSA) is 99.2 Å². The highest BCUT2D eigenvalue weighted by Gasteiger charge is 2.52. The van der Waals surface area contributed by atoms with Crippen LogP contribution in [0.3, 0.4) is 0 Å². The van der Waals surface area contributed by atoms with E-state index in [1.54, 1.807) is 15.5 Å². The number of hydrogen-bond acceptors (Lipinski definition) is 6. The maximum absolute atomic E-state index is 13.0. The summed E-state index contributed by atoms with van der Waals surface area (Å²) >= 11 is 0. The van der Waals surface area contributed by atoms with Gasteiger partial charge < -0.3 is 10.1 Å². The summed E-state index contributed by atoms with van der Waals surface area (Å²) in [5.74, 6) is 0.348. The first kappa shape index (κ1) is 19.1. The van der Waals surface area contributed by atoms with Gasteiger partial charge in [0.2, 0.25) is 5.82 Å². The van der Waals surface area contributed by atoms with Gasteiger partial charge in [0.05, 0.1) is 36.5 Å². The van der Waals surface area contributed by atoms with Gasteiger partial charge in [-0.05, 0) is 61.2 Å². The van der Waals surface area contributed by atoms with E-state index in [9.17, 15) is 4.79 Å². The quantitative estimate of drug-likeness (QED) is 0.524. The van der Waals surface area contributed by atoms with Gasteiger partial charge in [0, 0.05) is 22.9 Å². The smallest absolute Gasteiger partial charge is 0.259 e. The number of aryl methyl sites for hydroxylation is 2. The van der Waals surface area contributed by atoms with Gasteiger partial charge in [-0.3, -0.25) is 4.79 Å². The monoisotopic (exact) mass is 429 g/mol. The lowest BCUT2D eigenvalue weighted by Gasteiger charge is -2.34. The van der Waals surface area contributed by atoms with E-state index >= 15 is 0 Å². The van der Waals surface area contributed by atoms with Crippen LogP contribution in [0.15, 0.2) is 42.7 Å². The fourth-order valence-corrected chi connectivity index (χ4v) is 4.86. The number of fused-ring (bicyclic) bond motifs is 2. The first-order valence-corrected chi connectivity index (χ1v) is 10.7. The van der Waals surface area contributed by atoms with E-state index in [-0.39, 0.29) is 11.3 Å². The molecular weight excluding hydrogens is 406 g/mol. The second-order valence-electron chi connectivity index (χ2n) is 9.01. The van der Waals surface area contributed by atoms with Crippen molar-refractivity contribution in [2.75, 3.05) is 11.9 Å². The summed E-state index contributed by atoms with van der Waals surface area (Å²) in [7, 11) is 0. The maximum Gasteiger partial charge on any atom is 0.259 e. The number of nitrogens with one attached hydrogen (secondary N) is 1. The lowest BCUT2D eigenvalue weighted by atomic mass is 9.70. The molecular formula is C23H23N7O2. The molecule has 3 aliphatic rings. The second kappa shape index (κ2) is 6.96. The zero-order valence-electron chi connectivity index (χ0n) is 17.9. The zero-order chi connectivity index (χ0) is 21.9. The second-order valence-corrected chi connectivity index (χ2v) is 9.01. The summed E-state index contributed by atoms with van der Waals surface area (Å²) in [6.45, 7) is 5.48. The van der Waals surface area contributed by atoms with Crippen molar-refractivity contribution in [3.05, 3.63) is 59.4 Å². The third-order valence-electron chi connectivity index (χ3n) is 6.61. The van der Waals surface area contributed by atoms with Crippen molar-refractivity contribution in [1.29, 1.82) is 0 Å². The van der Waals surface area contributed by atoms with Gasteiger partial charge in [-0.1, -0.05) is 12.1 Å². The van der Waals surface area contributed by atoms with Crippen molar-refractivity contribution in [1.82, 2.24) is 29.8 Å². The molecule has 2 bridgehead atoms. The number of benzene rings is 1. The number of carbonyl (C=O) groups excluding carboxylic acids is 1. The minimum atomic E-state index is -0.208. The highest BCUT2D eigenvalue weighted by atomic mass is 16.5. The Labute approximate surface area is 184 Å². The molecule has 162 valence electrons. The summed E-state index contributed by atoms with van der Waals surface area (Å²) < 4.78 is 7.39. The van der Waals surface area contributed by atoms with E-state index in [0.717, 1.165) is 48.2 Å². The fourth-order valence-electron chi connectivity index (χ4n) is 4.86. The van der Waals surface area contributed by atoms with Crippen molar-refractivity contribution in [2.45, 2.75) is 39.3 Å². The predicted molar refractivity (Wildman–Crippen MR) is 117 cm³/mol. The van der Waals surface area contributed by atoms with E-state index < -0.39 is 0 Å². The molecule has 9 heteroatoms. The molecule has 2 aliphatic heterocycles. The molecule has 1 aliphatic carbocycles. The van der Waals surface area contributed by atoms with Crippen molar-refractivity contribution >= 4 is 17.1 Å². The number of pyridine rings is 1. The Morgan fingerprint density at radius 3 is 2.94 bits per heavy atom. The van der Waals surface area contributed by atoms with Gasteiger partial charge in [-0.25, -0.2) is 4.52 Å². The SMILES string of the molecule is Cc1cc(C)c(-c2nnn(CC34COC(C3)C4)n2)cc1NC(=O)c1cnn2ccccc12. The van der Waals surface area contributed by atoms with Crippen LogP contribution in [0.5, 0.6) is 0 Å². The third kappa shape index (κ3) is 3.08. The summed E-state index contributed by atoms with van der Waals surface area (Å²) in [5, 5.41) is 20.5. The van der Waals surface area contributed by atoms with Gasteiger partial charge >= 0.3 is 0 Å². The molecule has 1 aromatic carbocycles. The normalized spacial score (nSPS) is 21.6. The number of aromatic nitrogens is 6. The van der Waals surface area contributed by atoms with Crippen LogP contribution in [0.2, 0.25) is 0 Å². The summed E-state index contributed by atoms with van der Waals surface area (Å²) in [4.78, 5) is 14.7. The van der Waals surface area contributed by atoms with Crippen LogP contribution in [0.25, 0.3) is 16.9 Å². The standard InChI is InChI=1S/C23H23N7O2/c1-14-7-15(2)19(25-22(31)18-11-24-29-6-4-3-5-20(18)29)8-17(14)21-26-28-30(27-21)12-23-9-16(10-23)32-13-23/h3-8,11,16H,9-10,12-13H2,1-2H3,(H,25,31). The highest BCUT2D eigenvalue weighted by Crippen LogP contribution is 2.50. The molecule has 0 spiro atoms. The molecule has 3 fully saturated rings. The fraction of sp³-hybridized carbons (Fsp3) is 0.348. The number of nitrogens with zero attached hydrogens (tertiary/aromatic N) is 6. The van der Waals surface area contributed by atoms with E-state index in [1.807, 2.05) is 50.4 Å². The molecule has 0 unspecified atom stereocenters. The Morgan fingerprint density at radius 2 is 2.12 bits per heavy atom. The molecule has 3 aromatic heterocycles. The molecule has 1 amide bonds. The van der Waals surface area contributed by atoms with Crippen LogP contribution in [-0.4, -0.2) is 48.4 Å². The van der Waals surface area contributed by atoms with E-state index in [1.165, 1.54) is 0 Å². The van der Waals surface area contributed by atoms with Gasteiger partial charge in [0.1, 0.15) is 0 Å². The molecule has 9 nitrogen and oxygen atoms in total. The lowest BCUT2D eigenvalue weighted by Crippen LogP contribution is -2.37. The lowest BCUT2D eigenvalue weighted by molar-refractivity contribution is 0.101. The molecule has 4 aromatic rings. The Morgan fingerprint density at radius 1 is 1.25 bits per heavy atom. The average Bonchev–Trinajstić information content (AvgIpc) is 3.53. The number of hydrogen-bond donors (Lipinski definition) is 1. The van der Waals surface area contributed by atoms with E-state index in [0.29, 0.717) is 23.2 Å². The first-order valence-electron chi connectivity index (χ1n) is 10.7. The number of anilines is 1. The Hall–Kier alpha value is -3.59. The minimum absolute atomic E-state index is 0.165. The van der Waals surface area contributed by atoms with Gasteiger partial charge in [-0.2, -0.15) is 9.90 Å². The van der Waals surface area contributed by atoms with Crippen molar-refractivity contribution in [2.24, 2.45) is 5.41 Å². The first-order chi connectivity index (χ1) is 15.5. The Balaban J connectivity index is 1.27. The highest BCUT2D eigenvalue weighted by molar-refractivity contribution is 6.09. The van der Waals surface area contributed by atoms with E-state index in [4.69, 9.17) is 4.74 Å². The van der Waals surface area contributed by atoms with Crippen LogP contribution in [0.1, 0.15) is 34.3 Å². The molecule has 2 saturated heterocycles. The van der Waals surface area contributed by atoms with Crippen molar-refractivity contribution in [3.63, 3.8) is 0 Å².